The summed E-state index contributed by atoms with van der Waals surface area (Å²) >= 11 is 8.14. The van der Waals surface area contributed by atoms with Crippen LogP contribution in [0.5, 0.6) is 0 Å². The first-order valence-corrected chi connectivity index (χ1v) is 7.20. The molecule has 0 bridgehead atoms. The van der Waals surface area contributed by atoms with E-state index in [2.05, 4.69) is 10.2 Å². The topological polar surface area (TPSA) is 51.0 Å². The Morgan fingerprint density at radius 2 is 2.06 bits per heavy atom. The second kappa shape index (κ2) is 4.87. The van der Waals surface area contributed by atoms with E-state index in [-0.39, 0.29) is 5.91 Å². The van der Waals surface area contributed by atoms with E-state index in [1.54, 1.807) is 7.05 Å². The van der Waals surface area contributed by atoms with Gasteiger partial charge in [-0.05, 0) is 19.1 Å². The summed E-state index contributed by atoms with van der Waals surface area (Å²) in [7, 11) is 3.62. The van der Waals surface area contributed by atoms with Crippen LogP contribution in [0.15, 0.2) is 0 Å². The molecule has 2 rings (SSSR count). The number of hydrogen-bond donors (Lipinski definition) is 0. The van der Waals surface area contributed by atoms with Crippen LogP contribution in [-0.2, 0) is 11.8 Å². The van der Waals surface area contributed by atoms with Crippen molar-refractivity contribution in [2.24, 2.45) is 7.05 Å². The molecule has 0 unspecified atom stereocenters. The Kier molecular flexibility index (Phi) is 3.60. The molecule has 0 atom stereocenters. The standard InChI is InChI=1S/C10H12N4OS3/c1-5-7(17-10(16)13(5)3)8-11-12-9(18-8)14(4)6(2)15/h1-4H3. The van der Waals surface area contributed by atoms with Crippen LogP contribution in [0.25, 0.3) is 9.88 Å². The van der Waals surface area contributed by atoms with Crippen LogP contribution in [0.4, 0.5) is 5.13 Å². The van der Waals surface area contributed by atoms with Crippen molar-refractivity contribution in [3.8, 4) is 9.88 Å². The average molecular weight is 300 g/mol. The summed E-state index contributed by atoms with van der Waals surface area (Å²) < 4.78 is 2.75. The second-order valence-corrected chi connectivity index (χ2v) is 6.41. The number of carbonyl (C=O) groups is 1. The highest BCUT2D eigenvalue weighted by Gasteiger charge is 2.16. The van der Waals surface area contributed by atoms with Gasteiger partial charge in [-0.2, -0.15) is 0 Å². The average Bonchev–Trinajstić information content (AvgIpc) is 2.89. The highest BCUT2D eigenvalue weighted by molar-refractivity contribution is 7.73. The van der Waals surface area contributed by atoms with Crippen molar-refractivity contribution in [2.45, 2.75) is 13.8 Å². The summed E-state index contributed by atoms with van der Waals surface area (Å²) in [5, 5.41) is 9.56. The van der Waals surface area contributed by atoms with Crippen molar-refractivity contribution >= 4 is 45.9 Å². The molecular formula is C10H12N4OS3. The minimum atomic E-state index is -0.0601. The zero-order valence-electron chi connectivity index (χ0n) is 10.4. The third-order valence-corrected chi connectivity index (χ3v) is 5.47. The SMILES string of the molecule is CC(=O)N(C)c1nnc(-c2sc(=S)n(C)c2C)s1. The van der Waals surface area contributed by atoms with Gasteiger partial charge in [0, 0.05) is 26.7 Å². The molecule has 0 aliphatic rings. The predicted molar refractivity (Wildman–Crippen MR) is 76.8 cm³/mol. The van der Waals surface area contributed by atoms with Gasteiger partial charge < -0.3 is 4.57 Å². The first kappa shape index (κ1) is 13.3. The fraction of sp³-hybridized carbons (Fsp3) is 0.400. The Hall–Kier alpha value is -1.12. The number of thiazole rings is 1. The van der Waals surface area contributed by atoms with Gasteiger partial charge in [0.1, 0.15) is 0 Å². The van der Waals surface area contributed by atoms with Gasteiger partial charge in [-0.25, -0.2) is 0 Å². The Morgan fingerprint density at radius 3 is 2.56 bits per heavy atom. The molecule has 5 nitrogen and oxygen atoms in total. The minimum Gasteiger partial charge on any atom is -0.330 e. The first-order valence-electron chi connectivity index (χ1n) is 5.16. The van der Waals surface area contributed by atoms with Crippen LogP contribution in [0.3, 0.4) is 0 Å². The molecule has 0 saturated carbocycles. The van der Waals surface area contributed by atoms with Crippen LogP contribution in [-0.4, -0.2) is 27.7 Å². The quantitative estimate of drug-likeness (QED) is 0.800. The Bertz CT molecular complexity index is 654. The van der Waals surface area contributed by atoms with E-state index < -0.39 is 0 Å². The zero-order valence-corrected chi connectivity index (χ0v) is 12.9. The maximum Gasteiger partial charge on any atom is 0.225 e. The molecule has 0 saturated heterocycles. The van der Waals surface area contributed by atoms with E-state index in [0.717, 1.165) is 19.5 Å². The second-order valence-electron chi connectivity index (χ2n) is 3.81. The molecule has 96 valence electrons. The Morgan fingerprint density at radius 1 is 1.39 bits per heavy atom. The molecule has 0 aromatic carbocycles. The molecule has 8 heteroatoms. The monoisotopic (exact) mass is 300 g/mol. The molecule has 2 aromatic rings. The summed E-state index contributed by atoms with van der Waals surface area (Å²) in [5.74, 6) is -0.0601. The van der Waals surface area contributed by atoms with E-state index in [4.69, 9.17) is 12.2 Å². The van der Waals surface area contributed by atoms with Crippen LogP contribution < -0.4 is 4.90 Å². The molecule has 1 amide bonds. The van der Waals surface area contributed by atoms with Gasteiger partial charge in [0.25, 0.3) is 0 Å². The minimum absolute atomic E-state index is 0.0601. The lowest BCUT2D eigenvalue weighted by Crippen LogP contribution is -2.22. The van der Waals surface area contributed by atoms with E-state index >= 15 is 0 Å². The number of rotatable bonds is 2. The molecule has 0 radical (unpaired) electrons. The lowest BCUT2D eigenvalue weighted by molar-refractivity contribution is -0.116. The van der Waals surface area contributed by atoms with Gasteiger partial charge in [0.2, 0.25) is 11.0 Å². The first-order chi connectivity index (χ1) is 8.41. The maximum absolute atomic E-state index is 11.3. The zero-order chi connectivity index (χ0) is 13.4. The van der Waals surface area contributed by atoms with E-state index in [1.165, 1.54) is 34.5 Å². The summed E-state index contributed by atoms with van der Waals surface area (Å²) in [6.07, 6.45) is 0. The van der Waals surface area contributed by atoms with E-state index in [9.17, 15) is 4.79 Å². The van der Waals surface area contributed by atoms with Crippen molar-refractivity contribution in [1.82, 2.24) is 14.8 Å². The predicted octanol–water partition coefficient (Wildman–Crippen LogP) is 2.63. The van der Waals surface area contributed by atoms with Gasteiger partial charge in [0.15, 0.2) is 8.96 Å². The summed E-state index contributed by atoms with van der Waals surface area (Å²) in [6.45, 7) is 3.50. The number of nitrogens with zero attached hydrogens (tertiary/aromatic N) is 4. The molecule has 0 fully saturated rings. The molecule has 2 aromatic heterocycles. The van der Waals surface area contributed by atoms with Crippen molar-refractivity contribution in [2.75, 3.05) is 11.9 Å². The fourth-order valence-corrected chi connectivity index (χ4v) is 3.64. The summed E-state index contributed by atoms with van der Waals surface area (Å²) in [4.78, 5) is 13.8. The maximum atomic E-state index is 11.3. The molecule has 0 N–H and O–H groups in total. The van der Waals surface area contributed by atoms with Gasteiger partial charge >= 0.3 is 0 Å². The van der Waals surface area contributed by atoms with Crippen LogP contribution in [0, 0.1) is 10.9 Å². The molecule has 0 aliphatic heterocycles. The largest absolute Gasteiger partial charge is 0.330 e. The third-order valence-electron chi connectivity index (χ3n) is 2.66. The van der Waals surface area contributed by atoms with Crippen LogP contribution in [0.2, 0.25) is 0 Å². The van der Waals surface area contributed by atoms with Gasteiger partial charge in [0.05, 0.1) is 4.88 Å². The number of hydrogen-bond acceptors (Lipinski definition) is 6. The van der Waals surface area contributed by atoms with Crippen molar-refractivity contribution in [3.05, 3.63) is 9.65 Å². The summed E-state index contributed by atoms with van der Waals surface area (Å²) in [5.41, 5.74) is 1.07. The fourth-order valence-electron chi connectivity index (χ4n) is 1.29. The number of amides is 1. The third kappa shape index (κ3) is 2.23. The smallest absolute Gasteiger partial charge is 0.225 e. The van der Waals surface area contributed by atoms with Crippen molar-refractivity contribution in [1.29, 1.82) is 0 Å². The van der Waals surface area contributed by atoms with E-state index in [1.807, 2.05) is 18.5 Å². The molecule has 0 spiro atoms. The normalized spacial score (nSPS) is 10.7. The Labute approximate surface area is 118 Å². The number of anilines is 1. The number of carbonyl (C=O) groups excluding carboxylic acids is 1. The van der Waals surface area contributed by atoms with Gasteiger partial charge in [-0.1, -0.05) is 11.3 Å². The van der Waals surface area contributed by atoms with Gasteiger partial charge in [-0.15, -0.1) is 21.5 Å². The van der Waals surface area contributed by atoms with Crippen LogP contribution in [0.1, 0.15) is 12.6 Å². The van der Waals surface area contributed by atoms with Crippen molar-refractivity contribution < 1.29 is 4.79 Å². The van der Waals surface area contributed by atoms with E-state index in [0.29, 0.717) is 5.13 Å². The highest BCUT2D eigenvalue weighted by Crippen LogP contribution is 2.34. The highest BCUT2D eigenvalue weighted by atomic mass is 32.1. The molecule has 2 heterocycles. The van der Waals surface area contributed by atoms with Crippen LogP contribution >= 0.6 is 34.9 Å². The van der Waals surface area contributed by atoms with Gasteiger partial charge in [-0.3, -0.25) is 9.69 Å². The lowest BCUT2D eigenvalue weighted by Gasteiger charge is -2.08. The number of aromatic nitrogens is 3. The van der Waals surface area contributed by atoms with Crippen molar-refractivity contribution in [3.63, 3.8) is 0 Å². The summed E-state index contributed by atoms with van der Waals surface area (Å²) in [6, 6.07) is 0. The molecule has 0 aliphatic carbocycles. The lowest BCUT2D eigenvalue weighted by atomic mass is 10.4. The molecular weight excluding hydrogens is 288 g/mol. The molecule has 18 heavy (non-hydrogen) atoms. The Balaban J connectivity index is 2.44.